The molecule has 0 aromatic rings. The van der Waals surface area contributed by atoms with Gasteiger partial charge in [-0.2, -0.15) is 0 Å². The summed E-state index contributed by atoms with van der Waals surface area (Å²) in [5.74, 6) is 0.188. The van der Waals surface area contributed by atoms with Gasteiger partial charge in [0, 0.05) is 5.41 Å². The maximum atomic E-state index is 11.5. The molecule has 78 valence electrons. The van der Waals surface area contributed by atoms with Crippen molar-refractivity contribution in [2.24, 2.45) is 5.41 Å². The van der Waals surface area contributed by atoms with Gasteiger partial charge in [0.05, 0.1) is 0 Å². The Kier molecular flexibility index (Phi) is 5.14. The fourth-order valence-corrected chi connectivity index (χ4v) is 1.03. The van der Waals surface area contributed by atoms with Crippen molar-refractivity contribution in [3.05, 3.63) is 36.5 Å². The quantitative estimate of drug-likeness (QED) is 0.479. The minimum Gasteiger partial charge on any atom is -0.299 e. The summed E-state index contributed by atoms with van der Waals surface area (Å²) in [6.07, 6.45) is 8.30. The standard InChI is InChI=1S/C13H20O/c1-6-7-9-13(5,12(4)14)10-8-11(2)3/h6-9H,1,10H2,2-5H3. The molecule has 0 bridgehead atoms. The molecule has 14 heavy (non-hydrogen) atoms. The summed E-state index contributed by atoms with van der Waals surface area (Å²) >= 11 is 0. The van der Waals surface area contributed by atoms with Gasteiger partial charge in [0.2, 0.25) is 0 Å². The maximum absolute atomic E-state index is 11.5. The molecular weight excluding hydrogens is 172 g/mol. The third-order valence-electron chi connectivity index (χ3n) is 2.34. The van der Waals surface area contributed by atoms with Crippen LogP contribution in [0.15, 0.2) is 36.5 Å². The van der Waals surface area contributed by atoms with Gasteiger partial charge in [0.15, 0.2) is 0 Å². The number of allylic oxidation sites excluding steroid dienone is 5. The Labute approximate surface area is 87.2 Å². The van der Waals surface area contributed by atoms with E-state index < -0.39 is 0 Å². The third kappa shape index (κ3) is 4.22. The van der Waals surface area contributed by atoms with E-state index in [0.717, 1.165) is 6.42 Å². The van der Waals surface area contributed by atoms with Crippen molar-refractivity contribution >= 4 is 5.78 Å². The van der Waals surface area contributed by atoms with Crippen LogP contribution < -0.4 is 0 Å². The van der Waals surface area contributed by atoms with E-state index in [-0.39, 0.29) is 11.2 Å². The lowest BCUT2D eigenvalue weighted by atomic mass is 9.82. The van der Waals surface area contributed by atoms with Gasteiger partial charge in [-0.05, 0) is 34.1 Å². The van der Waals surface area contributed by atoms with Gasteiger partial charge in [-0.15, -0.1) is 0 Å². The van der Waals surface area contributed by atoms with Crippen LogP contribution in [-0.2, 0) is 4.79 Å². The van der Waals surface area contributed by atoms with Crippen molar-refractivity contribution in [1.82, 2.24) is 0 Å². The normalized spacial score (nSPS) is 14.9. The topological polar surface area (TPSA) is 17.1 Å². The molecule has 0 rings (SSSR count). The average molecular weight is 192 g/mol. The van der Waals surface area contributed by atoms with E-state index in [4.69, 9.17) is 0 Å². The predicted molar refractivity (Wildman–Crippen MR) is 62.2 cm³/mol. The van der Waals surface area contributed by atoms with E-state index in [1.54, 1.807) is 13.0 Å². The predicted octanol–water partition coefficient (Wildman–Crippen LogP) is 3.68. The molecule has 0 radical (unpaired) electrons. The van der Waals surface area contributed by atoms with Crippen LogP contribution in [0.25, 0.3) is 0 Å². The molecule has 1 heteroatoms. The van der Waals surface area contributed by atoms with E-state index in [1.165, 1.54) is 5.57 Å². The van der Waals surface area contributed by atoms with Gasteiger partial charge in [0.25, 0.3) is 0 Å². The molecule has 0 N–H and O–H groups in total. The Morgan fingerprint density at radius 2 is 1.93 bits per heavy atom. The largest absolute Gasteiger partial charge is 0.299 e. The first-order valence-corrected chi connectivity index (χ1v) is 4.87. The zero-order chi connectivity index (χ0) is 11.2. The number of hydrogen-bond donors (Lipinski definition) is 0. The zero-order valence-corrected chi connectivity index (χ0v) is 9.63. The second kappa shape index (κ2) is 5.58. The zero-order valence-electron chi connectivity index (χ0n) is 9.63. The fourth-order valence-electron chi connectivity index (χ4n) is 1.03. The Hall–Kier alpha value is -1.11. The molecule has 0 saturated carbocycles. The van der Waals surface area contributed by atoms with Gasteiger partial charge < -0.3 is 0 Å². The van der Waals surface area contributed by atoms with Crippen LogP contribution in [0.3, 0.4) is 0 Å². The van der Waals surface area contributed by atoms with Gasteiger partial charge in [0.1, 0.15) is 5.78 Å². The smallest absolute Gasteiger partial charge is 0.139 e. The Morgan fingerprint density at radius 3 is 2.29 bits per heavy atom. The van der Waals surface area contributed by atoms with Gasteiger partial charge >= 0.3 is 0 Å². The average Bonchev–Trinajstić information content (AvgIpc) is 2.11. The number of Topliss-reactive ketones (excluding diaryl/α,β-unsaturated/α-hetero) is 1. The first-order chi connectivity index (χ1) is 6.42. The summed E-state index contributed by atoms with van der Waals surface area (Å²) in [4.78, 5) is 11.5. The van der Waals surface area contributed by atoms with E-state index in [0.29, 0.717) is 0 Å². The molecular formula is C13H20O. The van der Waals surface area contributed by atoms with Gasteiger partial charge in [-0.3, -0.25) is 4.79 Å². The first-order valence-electron chi connectivity index (χ1n) is 4.87. The Morgan fingerprint density at radius 1 is 1.36 bits per heavy atom. The summed E-state index contributed by atoms with van der Waals surface area (Å²) in [7, 11) is 0. The molecule has 0 aliphatic rings. The highest BCUT2D eigenvalue weighted by Gasteiger charge is 2.24. The van der Waals surface area contributed by atoms with Crippen LogP contribution in [0.5, 0.6) is 0 Å². The van der Waals surface area contributed by atoms with Crippen LogP contribution in [0, 0.1) is 5.41 Å². The van der Waals surface area contributed by atoms with Crippen LogP contribution in [0.2, 0.25) is 0 Å². The lowest BCUT2D eigenvalue weighted by Crippen LogP contribution is -2.22. The van der Waals surface area contributed by atoms with E-state index in [2.05, 4.69) is 12.7 Å². The second-order valence-corrected chi connectivity index (χ2v) is 4.05. The number of hydrogen-bond acceptors (Lipinski definition) is 1. The lowest BCUT2D eigenvalue weighted by Gasteiger charge is -2.20. The first kappa shape index (κ1) is 12.9. The SMILES string of the molecule is C=CC=CC(C)(CC=C(C)C)C(C)=O. The van der Waals surface area contributed by atoms with E-state index in [1.807, 2.05) is 32.9 Å². The third-order valence-corrected chi connectivity index (χ3v) is 2.34. The molecule has 0 heterocycles. The minimum absolute atomic E-state index is 0.188. The number of ketones is 1. The van der Waals surface area contributed by atoms with Gasteiger partial charge in [-0.25, -0.2) is 0 Å². The molecule has 0 aliphatic carbocycles. The van der Waals surface area contributed by atoms with Crippen molar-refractivity contribution in [2.45, 2.75) is 34.1 Å². The Bertz CT molecular complexity index is 267. The van der Waals surface area contributed by atoms with Crippen LogP contribution in [-0.4, -0.2) is 5.78 Å². The highest BCUT2D eigenvalue weighted by Crippen LogP contribution is 2.25. The van der Waals surface area contributed by atoms with Crippen molar-refractivity contribution in [3.8, 4) is 0 Å². The van der Waals surface area contributed by atoms with Crippen molar-refractivity contribution in [1.29, 1.82) is 0 Å². The summed E-state index contributed by atoms with van der Waals surface area (Å²) < 4.78 is 0. The molecule has 0 saturated heterocycles. The highest BCUT2D eigenvalue weighted by atomic mass is 16.1. The molecule has 0 aromatic heterocycles. The maximum Gasteiger partial charge on any atom is 0.139 e. The number of rotatable bonds is 5. The molecule has 0 aliphatic heterocycles. The monoisotopic (exact) mass is 192 g/mol. The molecule has 1 nitrogen and oxygen atoms in total. The molecule has 0 fully saturated rings. The summed E-state index contributed by atoms with van der Waals surface area (Å²) in [5, 5.41) is 0. The fraction of sp³-hybridized carbons (Fsp3) is 0.462. The Balaban J connectivity index is 4.72. The number of carbonyl (C=O) groups is 1. The second-order valence-electron chi connectivity index (χ2n) is 4.05. The molecule has 0 amide bonds. The number of carbonyl (C=O) groups excluding carboxylic acids is 1. The molecule has 0 aromatic carbocycles. The highest BCUT2D eigenvalue weighted by molar-refractivity contribution is 5.84. The van der Waals surface area contributed by atoms with Crippen molar-refractivity contribution in [2.75, 3.05) is 0 Å². The van der Waals surface area contributed by atoms with Gasteiger partial charge in [-0.1, -0.05) is 36.5 Å². The van der Waals surface area contributed by atoms with Crippen molar-refractivity contribution in [3.63, 3.8) is 0 Å². The summed E-state index contributed by atoms with van der Waals surface area (Å²) in [5.41, 5.74) is 0.857. The summed E-state index contributed by atoms with van der Waals surface area (Å²) in [6.45, 7) is 11.3. The van der Waals surface area contributed by atoms with Crippen molar-refractivity contribution < 1.29 is 4.79 Å². The molecule has 0 spiro atoms. The van der Waals surface area contributed by atoms with Crippen LogP contribution >= 0.6 is 0 Å². The molecule has 1 atom stereocenters. The lowest BCUT2D eigenvalue weighted by molar-refractivity contribution is -0.123. The van der Waals surface area contributed by atoms with Crippen LogP contribution in [0.4, 0.5) is 0 Å². The van der Waals surface area contributed by atoms with Crippen LogP contribution in [0.1, 0.15) is 34.1 Å². The van der Waals surface area contributed by atoms with E-state index in [9.17, 15) is 4.79 Å². The summed E-state index contributed by atoms with van der Waals surface area (Å²) in [6, 6.07) is 0. The van der Waals surface area contributed by atoms with E-state index >= 15 is 0 Å². The minimum atomic E-state index is -0.383. The molecule has 1 unspecified atom stereocenters.